The molecule has 1 aliphatic heterocycles. The summed E-state index contributed by atoms with van der Waals surface area (Å²) < 4.78 is 0. The van der Waals surface area contributed by atoms with Crippen LogP contribution in [0.4, 0.5) is 5.69 Å². The van der Waals surface area contributed by atoms with Crippen LogP contribution in [0.1, 0.15) is 39.0 Å². The molecule has 0 radical (unpaired) electrons. The minimum Gasteiger partial charge on any atom is -0.298 e. The maximum atomic E-state index is 12.7. The van der Waals surface area contributed by atoms with E-state index < -0.39 is 5.92 Å². The maximum absolute atomic E-state index is 12.7. The van der Waals surface area contributed by atoms with Crippen molar-refractivity contribution in [3.63, 3.8) is 0 Å². The summed E-state index contributed by atoms with van der Waals surface area (Å²) in [6, 6.07) is 9.29. The summed E-state index contributed by atoms with van der Waals surface area (Å²) >= 11 is 0. The molecule has 4 nitrogen and oxygen atoms in total. The van der Waals surface area contributed by atoms with Crippen LogP contribution in [0.5, 0.6) is 0 Å². The Balaban J connectivity index is 1.80. The van der Waals surface area contributed by atoms with Crippen LogP contribution in [-0.4, -0.2) is 17.4 Å². The van der Waals surface area contributed by atoms with Crippen LogP contribution in [0.15, 0.2) is 35.4 Å². The van der Waals surface area contributed by atoms with E-state index in [2.05, 4.69) is 5.10 Å². The van der Waals surface area contributed by atoms with Crippen LogP contribution >= 0.6 is 0 Å². The normalized spacial score (nSPS) is 23.3. The van der Waals surface area contributed by atoms with E-state index in [4.69, 9.17) is 0 Å². The zero-order valence-electron chi connectivity index (χ0n) is 12.3. The van der Waals surface area contributed by atoms with Crippen molar-refractivity contribution >= 4 is 23.1 Å². The predicted molar refractivity (Wildman–Crippen MR) is 82.1 cm³/mol. The van der Waals surface area contributed by atoms with Gasteiger partial charge in [0.1, 0.15) is 5.92 Å². The molecule has 1 amide bonds. The Morgan fingerprint density at radius 1 is 1.14 bits per heavy atom. The molecular formula is C17H20N2O2. The summed E-state index contributed by atoms with van der Waals surface area (Å²) in [7, 11) is 0. The molecule has 1 aromatic rings. The predicted octanol–water partition coefficient (Wildman–Crippen LogP) is 3.17. The van der Waals surface area contributed by atoms with Gasteiger partial charge in [0.15, 0.2) is 5.78 Å². The fourth-order valence-electron chi connectivity index (χ4n) is 3.27. The second kappa shape index (κ2) is 5.80. The lowest BCUT2D eigenvalue weighted by Crippen LogP contribution is -2.36. The van der Waals surface area contributed by atoms with Gasteiger partial charge in [-0.05, 0) is 31.9 Å². The molecule has 2 aliphatic rings. The van der Waals surface area contributed by atoms with E-state index in [0.717, 1.165) is 31.4 Å². The molecule has 0 bridgehead atoms. The fraction of sp³-hybridized carbons (Fsp3) is 0.471. The molecule has 1 fully saturated rings. The molecule has 1 saturated carbocycles. The van der Waals surface area contributed by atoms with Crippen LogP contribution in [-0.2, 0) is 9.59 Å². The summed E-state index contributed by atoms with van der Waals surface area (Å²) in [6.07, 6.45) is 5.22. The zero-order valence-corrected chi connectivity index (χ0v) is 12.3. The Morgan fingerprint density at radius 3 is 2.48 bits per heavy atom. The highest BCUT2D eigenvalue weighted by Crippen LogP contribution is 2.31. The number of benzene rings is 1. The number of hydrogen-bond donors (Lipinski definition) is 0. The average molecular weight is 284 g/mol. The van der Waals surface area contributed by atoms with E-state index >= 15 is 0 Å². The van der Waals surface area contributed by atoms with Crippen LogP contribution in [0.2, 0.25) is 0 Å². The van der Waals surface area contributed by atoms with Gasteiger partial charge in [-0.25, -0.2) is 0 Å². The number of hydrogen-bond acceptors (Lipinski definition) is 3. The van der Waals surface area contributed by atoms with Gasteiger partial charge in [0.05, 0.1) is 11.4 Å². The van der Waals surface area contributed by atoms with Crippen molar-refractivity contribution in [2.45, 2.75) is 39.0 Å². The second-order valence-electron chi connectivity index (χ2n) is 5.90. The minimum atomic E-state index is -0.673. The second-order valence-corrected chi connectivity index (χ2v) is 5.90. The minimum absolute atomic E-state index is 0.0357. The van der Waals surface area contributed by atoms with Crippen LogP contribution < -0.4 is 5.01 Å². The molecule has 1 heterocycles. The molecular weight excluding hydrogens is 264 g/mol. The first-order chi connectivity index (χ1) is 10.2. The summed E-state index contributed by atoms with van der Waals surface area (Å²) in [4.78, 5) is 25.3. The van der Waals surface area contributed by atoms with Crippen molar-refractivity contribution < 1.29 is 9.59 Å². The molecule has 1 aliphatic carbocycles. The summed E-state index contributed by atoms with van der Waals surface area (Å²) in [5, 5.41) is 5.69. The lowest BCUT2D eigenvalue weighted by molar-refractivity contribution is -0.132. The van der Waals surface area contributed by atoms with Crippen LogP contribution in [0, 0.1) is 11.8 Å². The summed E-state index contributed by atoms with van der Waals surface area (Å²) in [5.74, 6) is -0.768. The van der Waals surface area contributed by atoms with Gasteiger partial charge < -0.3 is 0 Å². The number of ketones is 1. The Hall–Kier alpha value is -1.97. The lowest BCUT2D eigenvalue weighted by Gasteiger charge is -2.23. The highest BCUT2D eigenvalue weighted by Gasteiger charge is 2.42. The third kappa shape index (κ3) is 2.62. The summed E-state index contributed by atoms with van der Waals surface area (Å²) in [5.41, 5.74) is 1.35. The highest BCUT2D eigenvalue weighted by atomic mass is 16.2. The number of Topliss-reactive ketones (excluding diaryl/α,β-unsaturated/α-hetero) is 1. The molecule has 0 saturated heterocycles. The largest absolute Gasteiger partial charge is 0.298 e. The van der Waals surface area contributed by atoms with Crippen LogP contribution in [0.25, 0.3) is 0 Å². The van der Waals surface area contributed by atoms with Gasteiger partial charge in [-0.3, -0.25) is 9.59 Å². The van der Waals surface area contributed by atoms with E-state index in [9.17, 15) is 9.59 Å². The quantitative estimate of drug-likeness (QED) is 0.800. The molecule has 3 rings (SSSR count). The van der Waals surface area contributed by atoms with Gasteiger partial charge in [-0.15, -0.1) is 0 Å². The van der Waals surface area contributed by atoms with E-state index in [0.29, 0.717) is 5.71 Å². The maximum Gasteiger partial charge on any atom is 0.263 e. The molecule has 1 unspecified atom stereocenters. The smallest absolute Gasteiger partial charge is 0.263 e. The third-order valence-corrected chi connectivity index (χ3v) is 4.42. The number of anilines is 1. The van der Waals surface area contributed by atoms with Crippen molar-refractivity contribution in [1.82, 2.24) is 0 Å². The zero-order chi connectivity index (χ0) is 14.8. The number of carbonyl (C=O) groups is 2. The first-order valence-electron chi connectivity index (χ1n) is 7.66. The third-order valence-electron chi connectivity index (χ3n) is 4.42. The molecule has 0 spiro atoms. The van der Waals surface area contributed by atoms with Crippen LogP contribution in [0.3, 0.4) is 0 Å². The summed E-state index contributed by atoms with van der Waals surface area (Å²) in [6.45, 7) is 1.78. The van der Waals surface area contributed by atoms with Crippen molar-refractivity contribution in [3.05, 3.63) is 30.3 Å². The fourth-order valence-corrected chi connectivity index (χ4v) is 3.27. The first-order valence-corrected chi connectivity index (χ1v) is 7.66. The van der Waals surface area contributed by atoms with Crippen molar-refractivity contribution in [1.29, 1.82) is 0 Å². The molecule has 4 heteroatoms. The Bertz CT molecular complexity index is 574. The molecule has 0 aromatic heterocycles. The number of amides is 1. The topological polar surface area (TPSA) is 49.7 Å². The highest BCUT2D eigenvalue weighted by molar-refractivity contribution is 6.27. The van der Waals surface area contributed by atoms with Crippen molar-refractivity contribution in [3.8, 4) is 0 Å². The number of nitrogens with zero attached hydrogens (tertiary/aromatic N) is 2. The molecule has 21 heavy (non-hydrogen) atoms. The van der Waals surface area contributed by atoms with Gasteiger partial charge >= 0.3 is 0 Å². The number of hydrazone groups is 1. The molecule has 110 valence electrons. The molecule has 1 aromatic carbocycles. The van der Waals surface area contributed by atoms with E-state index in [1.165, 1.54) is 11.4 Å². The standard InChI is InChI=1S/C17H20N2O2/c1-12-15(16(20)13-8-4-2-5-9-13)17(21)19(18-12)14-10-6-3-7-11-14/h3,6-7,10-11,13,15H,2,4-5,8-9H2,1H3. The molecule has 1 atom stereocenters. The lowest BCUT2D eigenvalue weighted by atomic mass is 9.80. The van der Waals surface area contributed by atoms with Gasteiger partial charge in [0.2, 0.25) is 0 Å². The first kappa shape index (κ1) is 14.0. The average Bonchev–Trinajstić information content (AvgIpc) is 2.83. The van der Waals surface area contributed by atoms with Crippen molar-refractivity contribution in [2.24, 2.45) is 16.9 Å². The number of para-hydroxylation sites is 1. The molecule has 0 N–H and O–H groups in total. The van der Waals surface area contributed by atoms with E-state index in [1.807, 2.05) is 30.3 Å². The number of rotatable bonds is 3. The number of carbonyl (C=O) groups excluding carboxylic acids is 2. The van der Waals surface area contributed by atoms with E-state index in [-0.39, 0.29) is 17.6 Å². The van der Waals surface area contributed by atoms with Gasteiger partial charge in [-0.1, -0.05) is 37.5 Å². The van der Waals surface area contributed by atoms with Gasteiger partial charge in [0, 0.05) is 5.92 Å². The SMILES string of the molecule is CC1=NN(c2ccccc2)C(=O)C1C(=O)C1CCCCC1. The van der Waals surface area contributed by atoms with Crippen molar-refractivity contribution in [2.75, 3.05) is 5.01 Å². The van der Waals surface area contributed by atoms with Gasteiger partial charge in [-0.2, -0.15) is 10.1 Å². The van der Waals surface area contributed by atoms with E-state index in [1.54, 1.807) is 6.92 Å². The monoisotopic (exact) mass is 284 g/mol. The Labute approximate surface area is 124 Å². The Kier molecular flexibility index (Phi) is 3.86. The van der Waals surface area contributed by atoms with Gasteiger partial charge in [0.25, 0.3) is 5.91 Å². The Morgan fingerprint density at radius 2 is 1.81 bits per heavy atom.